The molecule has 0 unspecified atom stereocenters. The second kappa shape index (κ2) is 11.0. The Balaban J connectivity index is 1.31. The Morgan fingerprint density at radius 3 is 1.66 bits per heavy atom. The fourth-order valence-corrected chi connectivity index (χ4v) is 6.18. The summed E-state index contributed by atoms with van der Waals surface area (Å²) >= 11 is 0. The molecular weight excluding hydrogens is 391 g/mol. The zero-order chi connectivity index (χ0) is 22.4. The monoisotopic (exact) mass is 434 g/mol. The fourth-order valence-electron chi connectivity index (χ4n) is 6.18. The number of benzene rings is 2. The van der Waals surface area contributed by atoms with Crippen molar-refractivity contribution in [2.24, 2.45) is 5.92 Å². The lowest BCUT2D eigenvalue weighted by molar-refractivity contribution is 0.0940. The Bertz CT molecular complexity index is 803. The van der Waals surface area contributed by atoms with Crippen LogP contribution >= 0.6 is 0 Å². The number of hydrogen-bond acceptors (Lipinski definition) is 0. The van der Waals surface area contributed by atoms with Crippen LogP contribution in [0.25, 0.3) is 11.1 Å². The first-order valence-electron chi connectivity index (χ1n) is 13.5. The van der Waals surface area contributed by atoms with Gasteiger partial charge in [-0.1, -0.05) is 88.1 Å². The summed E-state index contributed by atoms with van der Waals surface area (Å²) in [5.41, 5.74) is 4.62. The average Bonchev–Trinajstić information content (AvgIpc) is 2.85. The van der Waals surface area contributed by atoms with Gasteiger partial charge in [0.25, 0.3) is 0 Å². The van der Waals surface area contributed by atoms with Crippen LogP contribution in [0.3, 0.4) is 0 Å². The fraction of sp³-hybridized carbons (Fsp3) is 0.613. The van der Waals surface area contributed by atoms with Gasteiger partial charge in [0.2, 0.25) is 0 Å². The molecule has 0 bridgehead atoms. The Hall–Kier alpha value is -1.63. The number of alkyl halides is 1. The smallest absolute Gasteiger partial charge is 0.110 e. The highest BCUT2D eigenvalue weighted by atomic mass is 19.1. The van der Waals surface area contributed by atoms with E-state index in [2.05, 4.69) is 55.5 Å². The van der Waals surface area contributed by atoms with E-state index in [1.807, 2.05) is 6.92 Å². The Kier molecular flexibility index (Phi) is 8.08. The molecule has 0 nitrogen and oxygen atoms in total. The van der Waals surface area contributed by atoms with E-state index in [4.69, 9.17) is 0 Å². The van der Waals surface area contributed by atoms with E-state index in [9.17, 15) is 4.39 Å². The molecule has 2 aromatic rings. The largest absolute Gasteiger partial charge is 0.244 e. The number of halogens is 1. The number of hydrogen-bond donors (Lipinski definition) is 0. The van der Waals surface area contributed by atoms with Gasteiger partial charge in [-0.15, -0.1) is 0 Å². The van der Waals surface area contributed by atoms with Gasteiger partial charge >= 0.3 is 0 Å². The van der Waals surface area contributed by atoms with Crippen molar-refractivity contribution in [1.29, 1.82) is 0 Å². The third-order valence-electron chi connectivity index (χ3n) is 8.68. The molecule has 0 saturated heterocycles. The van der Waals surface area contributed by atoms with E-state index in [0.717, 1.165) is 37.5 Å². The molecule has 4 rings (SSSR count). The van der Waals surface area contributed by atoms with Gasteiger partial charge in [-0.25, -0.2) is 4.39 Å². The molecule has 0 N–H and O–H groups in total. The molecule has 2 aromatic carbocycles. The van der Waals surface area contributed by atoms with Crippen molar-refractivity contribution in [3.05, 3.63) is 59.7 Å². The third kappa shape index (κ3) is 5.83. The SMILES string of the molecule is CCCCCC1CCC(c2ccc(-c3ccc(C4CCC(F)(CC)CC4)cc3)cc2)CC1. The molecule has 0 heterocycles. The molecule has 0 amide bonds. The minimum Gasteiger partial charge on any atom is -0.244 e. The van der Waals surface area contributed by atoms with Gasteiger partial charge in [0.15, 0.2) is 0 Å². The van der Waals surface area contributed by atoms with E-state index in [1.165, 1.54) is 73.6 Å². The molecule has 0 aromatic heterocycles. The summed E-state index contributed by atoms with van der Waals surface area (Å²) in [5.74, 6) is 2.26. The van der Waals surface area contributed by atoms with Crippen LogP contribution in [0.1, 0.15) is 120 Å². The molecule has 174 valence electrons. The van der Waals surface area contributed by atoms with Crippen molar-refractivity contribution in [3.63, 3.8) is 0 Å². The molecule has 2 fully saturated rings. The topological polar surface area (TPSA) is 0 Å². The number of unbranched alkanes of at least 4 members (excludes halogenated alkanes) is 2. The Labute approximate surface area is 196 Å². The summed E-state index contributed by atoms with van der Waals surface area (Å²) in [6.07, 6.45) is 15.3. The summed E-state index contributed by atoms with van der Waals surface area (Å²) in [4.78, 5) is 0. The quantitative estimate of drug-likeness (QED) is 0.362. The number of rotatable bonds is 8. The highest BCUT2D eigenvalue weighted by Gasteiger charge is 2.33. The van der Waals surface area contributed by atoms with Gasteiger partial charge in [0.05, 0.1) is 0 Å². The highest BCUT2D eigenvalue weighted by molar-refractivity contribution is 5.64. The summed E-state index contributed by atoms with van der Waals surface area (Å²) in [5, 5.41) is 0. The maximum Gasteiger partial charge on any atom is 0.110 e. The average molecular weight is 435 g/mol. The van der Waals surface area contributed by atoms with E-state index < -0.39 is 5.67 Å². The van der Waals surface area contributed by atoms with Gasteiger partial charge in [0, 0.05) is 0 Å². The van der Waals surface area contributed by atoms with E-state index >= 15 is 0 Å². The van der Waals surface area contributed by atoms with Crippen LogP contribution in [0.4, 0.5) is 4.39 Å². The second-order valence-electron chi connectivity index (χ2n) is 10.7. The zero-order valence-electron chi connectivity index (χ0n) is 20.4. The van der Waals surface area contributed by atoms with Crippen molar-refractivity contribution >= 4 is 0 Å². The Morgan fingerprint density at radius 2 is 1.19 bits per heavy atom. The zero-order valence-corrected chi connectivity index (χ0v) is 20.4. The first-order chi connectivity index (χ1) is 15.6. The van der Waals surface area contributed by atoms with Crippen LogP contribution < -0.4 is 0 Å². The molecule has 2 aliphatic rings. The summed E-state index contributed by atoms with van der Waals surface area (Å²) in [7, 11) is 0. The van der Waals surface area contributed by atoms with Crippen molar-refractivity contribution in [2.45, 2.75) is 115 Å². The predicted molar refractivity (Wildman–Crippen MR) is 136 cm³/mol. The minimum atomic E-state index is -0.910. The summed E-state index contributed by atoms with van der Waals surface area (Å²) < 4.78 is 14.5. The maximum atomic E-state index is 14.5. The van der Waals surface area contributed by atoms with Gasteiger partial charge < -0.3 is 0 Å². The highest BCUT2D eigenvalue weighted by Crippen LogP contribution is 2.42. The van der Waals surface area contributed by atoms with Gasteiger partial charge in [-0.2, -0.15) is 0 Å². The predicted octanol–water partition coefficient (Wildman–Crippen LogP) is 9.98. The van der Waals surface area contributed by atoms with Crippen LogP contribution in [0.15, 0.2) is 48.5 Å². The lowest BCUT2D eigenvalue weighted by Gasteiger charge is -2.33. The van der Waals surface area contributed by atoms with Crippen LogP contribution in [-0.4, -0.2) is 5.67 Å². The molecular formula is C31H43F. The lowest BCUT2D eigenvalue weighted by Crippen LogP contribution is -2.27. The van der Waals surface area contributed by atoms with Gasteiger partial charge in [-0.05, 0) is 97.8 Å². The standard InChI is InChI=1S/C31H43F/c1-3-5-6-7-24-8-10-25(11-9-24)26-12-14-27(15-13-26)28-16-18-29(19-17-28)30-20-22-31(32,4-2)23-21-30/h12-19,24-25,30H,3-11,20-23H2,1-2H3. The van der Waals surface area contributed by atoms with Crippen molar-refractivity contribution in [1.82, 2.24) is 0 Å². The normalized spacial score (nSPS) is 28.5. The molecule has 2 aliphatic carbocycles. The maximum absolute atomic E-state index is 14.5. The summed E-state index contributed by atoms with van der Waals surface area (Å²) in [6, 6.07) is 18.5. The molecule has 0 spiro atoms. The first-order valence-corrected chi connectivity index (χ1v) is 13.5. The van der Waals surface area contributed by atoms with Crippen LogP contribution in [0.2, 0.25) is 0 Å². The van der Waals surface area contributed by atoms with Gasteiger partial charge in [0.1, 0.15) is 5.67 Å². The second-order valence-corrected chi connectivity index (χ2v) is 10.7. The lowest BCUT2D eigenvalue weighted by atomic mass is 9.76. The third-order valence-corrected chi connectivity index (χ3v) is 8.68. The molecule has 0 aliphatic heterocycles. The van der Waals surface area contributed by atoms with Crippen molar-refractivity contribution in [2.75, 3.05) is 0 Å². The van der Waals surface area contributed by atoms with Gasteiger partial charge in [-0.3, -0.25) is 0 Å². The van der Waals surface area contributed by atoms with Crippen molar-refractivity contribution < 1.29 is 4.39 Å². The van der Waals surface area contributed by atoms with Crippen LogP contribution in [-0.2, 0) is 0 Å². The van der Waals surface area contributed by atoms with E-state index in [1.54, 1.807) is 0 Å². The minimum absolute atomic E-state index is 0.527. The first kappa shape index (κ1) is 23.5. The van der Waals surface area contributed by atoms with Crippen LogP contribution in [0, 0.1) is 5.92 Å². The van der Waals surface area contributed by atoms with E-state index in [0.29, 0.717) is 12.3 Å². The van der Waals surface area contributed by atoms with E-state index in [-0.39, 0.29) is 0 Å². The Morgan fingerprint density at radius 1 is 0.688 bits per heavy atom. The molecule has 1 heteroatoms. The summed E-state index contributed by atoms with van der Waals surface area (Å²) in [6.45, 7) is 4.29. The van der Waals surface area contributed by atoms with Crippen LogP contribution in [0.5, 0.6) is 0 Å². The molecule has 0 radical (unpaired) electrons. The van der Waals surface area contributed by atoms with Crippen molar-refractivity contribution in [3.8, 4) is 11.1 Å². The molecule has 2 saturated carbocycles. The molecule has 0 atom stereocenters. The molecule has 32 heavy (non-hydrogen) atoms.